The zero-order chi connectivity index (χ0) is 13.5. The molecule has 0 amide bonds. The van der Waals surface area contributed by atoms with Gasteiger partial charge < -0.3 is 15.6 Å². The van der Waals surface area contributed by atoms with Crippen LogP contribution in [0.1, 0.15) is 25.8 Å². The highest BCUT2D eigenvalue weighted by Crippen LogP contribution is 2.15. The normalized spacial score (nSPS) is 12.4. The molecule has 0 aliphatic carbocycles. The molecule has 0 bridgehead atoms. The van der Waals surface area contributed by atoms with Gasteiger partial charge in [-0.25, -0.2) is 0 Å². The number of ether oxygens (including phenoxy) is 1. The standard InChI is InChI=1S/C14H21NO3/c1-10(2)6-7-18-12-5-3-4-11(8-12)9-13(15)14(16)17/h3-5,8,10,13H,6-7,9,15H2,1-2H3,(H,16,17). The molecule has 3 N–H and O–H groups in total. The minimum atomic E-state index is -0.985. The predicted molar refractivity (Wildman–Crippen MR) is 70.7 cm³/mol. The number of benzene rings is 1. The summed E-state index contributed by atoms with van der Waals surface area (Å²) in [5.41, 5.74) is 6.38. The van der Waals surface area contributed by atoms with Crippen molar-refractivity contribution in [1.82, 2.24) is 0 Å². The van der Waals surface area contributed by atoms with E-state index in [0.717, 1.165) is 17.7 Å². The van der Waals surface area contributed by atoms with E-state index in [9.17, 15) is 4.79 Å². The molecule has 1 aromatic rings. The average molecular weight is 251 g/mol. The lowest BCUT2D eigenvalue weighted by molar-refractivity contribution is -0.138. The summed E-state index contributed by atoms with van der Waals surface area (Å²) in [5, 5.41) is 8.76. The summed E-state index contributed by atoms with van der Waals surface area (Å²) in [6, 6.07) is 6.57. The molecule has 0 aliphatic heterocycles. The molecule has 18 heavy (non-hydrogen) atoms. The number of carboxylic acids is 1. The maximum absolute atomic E-state index is 10.7. The van der Waals surface area contributed by atoms with Gasteiger partial charge in [0.1, 0.15) is 11.8 Å². The van der Waals surface area contributed by atoms with Crippen molar-refractivity contribution < 1.29 is 14.6 Å². The second-order valence-corrected chi connectivity index (χ2v) is 4.83. The molecule has 4 nitrogen and oxygen atoms in total. The van der Waals surface area contributed by atoms with E-state index >= 15 is 0 Å². The molecule has 1 rings (SSSR count). The van der Waals surface area contributed by atoms with Crippen LogP contribution in [-0.4, -0.2) is 23.7 Å². The van der Waals surface area contributed by atoms with E-state index in [1.54, 1.807) is 0 Å². The fourth-order valence-corrected chi connectivity index (χ4v) is 1.52. The Hall–Kier alpha value is -1.55. The van der Waals surface area contributed by atoms with E-state index in [0.29, 0.717) is 18.9 Å². The summed E-state index contributed by atoms with van der Waals surface area (Å²) >= 11 is 0. The minimum Gasteiger partial charge on any atom is -0.494 e. The molecule has 1 atom stereocenters. The molecule has 0 saturated heterocycles. The van der Waals surface area contributed by atoms with Gasteiger partial charge in [-0.1, -0.05) is 26.0 Å². The van der Waals surface area contributed by atoms with Gasteiger partial charge in [0.05, 0.1) is 6.61 Å². The number of aliphatic carboxylic acids is 1. The third kappa shape index (κ3) is 5.19. The molecular formula is C14H21NO3. The Morgan fingerprint density at radius 1 is 1.44 bits per heavy atom. The van der Waals surface area contributed by atoms with Crippen LogP contribution in [0.3, 0.4) is 0 Å². The second kappa shape index (κ2) is 7.01. The van der Waals surface area contributed by atoms with Crippen LogP contribution in [-0.2, 0) is 11.2 Å². The summed E-state index contributed by atoms with van der Waals surface area (Å²) in [7, 11) is 0. The van der Waals surface area contributed by atoms with Crippen LogP contribution >= 0.6 is 0 Å². The molecule has 0 fully saturated rings. The molecule has 0 radical (unpaired) electrons. The van der Waals surface area contributed by atoms with E-state index < -0.39 is 12.0 Å². The smallest absolute Gasteiger partial charge is 0.320 e. The molecule has 1 unspecified atom stereocenters. The Bertz CT molecular complexity index is 390. The van der Waals surface area contributed by atoms with Crippen molar-refractivity contribution in [3.8, 4) is 5.75 Å². The lowest BCUT2D eigenvalue weighted by atomic mass is 10.1. The van der Waals surface area contributed by atoms with Crippen molar-refractivity contribution in [2.24, 2.45) is 11.7 Å². The van der Waals surface area contributed by atoms with Gasteiger partial charge in [0.15, 0.2) is 0 Å². The van der Waals surface area contributed by atoms with Crippen molar-refractivity contribution in [3.63, 3.8) is 0 Å². The minimum absolute atomic E-state index is 0.316. The van der Waals surface area contributed by atoms with Gasteiger partial charge in [-0.2, -0.15) is 0 Å². The number of hydrogen-bond acceptors (Lipinski definition) is 3. The first-order valence-electron chi connectivity index (χ1n) is 6.19. The fraction of sp³-hybridized carbons (Fsp3) is 0.500. The van der Waals surface area contributed by atoms with Crippen LogP contribution in [0.15, 0.2) is 24.3 Å². The number of nitrogens with two attached hydrogens (primary N) is 1. The van der Waals surface area contributed by atoms with Crippen LogP contribution in [0, 0.1) is 5.92 Å². The van der Waals surface area contributed by atoms with E-state index in [1.807, 2.05) is 24.3 Å². The van der Waals surface area contributed by atoms with E-state index in [1.165, 1.54) is 0 Å². The summed E-state index contributed by atoms with van der Waals surface area (Å²) in [5.74, 6) is 0.389. The van der Waals surface area contributed by atoms with Crippen LogP contribution in [0.2, 0.25) is 0 Å². The molecule has 0 saturated carbocycles. The van der Waals surface area contributed by atoms with Gasteiger partial charge in [-0.3, -0.25) is 4.79 Å². The lowest BCUT2D eigenvalue weighted by Gasteiger charge is -2.10. The second-order valence-electron chi connectivity index (χ2n) is 4.83. The number of carbonyl (C=O) groups is 1. The zero-order valence-corrected chi connectivity index (χ0v) is 10.9. The zero-order valence-electron chi connectivity index (χ0n) is 10.9. The lowest BCUT2D eigenvalue weighted by Crippen LogP contribution is -2.32. The highest BCUT2D eigenvalue weighted by molar-refractivity contribution is 5.73. The largest absolute Gasteiger partial charge is 0.494 e. The van der Waals surface area contributed by atoms with Gasteiger partial charge >= 0.3 is 5.97 Å². The molecule has 0 spiro atoms. The summed E-state index contributed by atoms with van der Waals surface area (Å²) < 4.78 is 5.61. The fourth-order valence-electron chi connectivity index (χ4n) is 1.52. The molecule has 4 heteroatoms. The first kappa shape index (κ1) is 14.5. The first-order valence-corrected chi connectivity index (χ1v) is 6.19. The quantitative estimate of drug-likeness (QED) is 0.778. The monoisotopic (exact) mass is 251 g/mol. The van der Waals surface area contributed by atoms with Crippen LogP contribution in [0.4, 0.5) is 0 Å². The molecule has 0 aliphatic rings. The summed E-state index contributed by atoms with van der Waals surface area (Å²) in [6.45, 7) is 4.96. The third-order valence-electron chi connectivity index (χ3n) is 2.64. The third-order valence-corrected chi connectivity index (χ3v) is 2.64. The molecule has 1 aromatic carbocycles. The highest BCUT2D eigenvalue weighted by Gasteiger charge is 2.12. The van der Waals surface area contributed by atoms with Gasteiger partial charge in [0.2, 0.25) is 0 Å². The average Bonchev–Trinajstić information content (AvgIpc) is 2.28. The first-order chi connectivity index (χ1) is 8.49. The van der Waals surface area contributed by atoms with Crippen molar-refractivity contribution in [3.05, 3.63) is 29.8 Å². The number of rotatable bonds is 7. The summed E-state index contributed by atoms with van der Waals surface area (Å²) in [6.07, 6.45) is 1.32. The Balaban J connectivity index is 2.54. The van der Waals surface area contributed by atoms with Gasteiger partial charge in [-0.15, -0.1) is 0 Å². The maximum atomic E-state index is 10.7. The number of carboxylic acid groups (broad SMARTS) is 1. The van der Waals surface area contributed by atoms with E-state index in [4.69, 9.17) is 15.6 Å². The predicted octanol–water partition coefficient (Wildman–Crippen LogP) is 2.07. The molecule has 100 valence electrons. The highest BCUT2D eigenvalue weighted by atomic mass is 16.5. The van der Waals surface area contributed by atoms with Crippen molar-refractivity contribution in [2.75, 3.05) is 6.61 Å². The van der Waals surface area contributed by atoms with E-state index in [-0.39, 0.29) is 0 Å². The summed E-state index contributed by atoms with van der Waals surface area (Å²) in [4.78, 5) is 10.7. The van der Waals surface area contributed by atoms with Gasteiger partial charge in [-0.05, 0) is 36.5 Å². The maximum Gasteiger partial charge on any atom is 0.320 e. The van der Waals surface area contributed by atoms with Crippen LogP contribution in [0.5, 0.6) is 5.75 Å². The van der Waals surface area contributed by atoms with Gasteiger partial charge in [0.25, 0.3) is 0 Å². The topological polar surface area (TPSA) is 72.5 Å². The van der Waals surface area contributed by atoms with Crippen molar-refractivity contribution in [1.29, 1.82) is 0 Å². The molecule has 0 heterocycles. The molecule has 0 aromatic heterocycles. The molecular weight excluding hydrogens is 230 g/mol. The SMILES string of the molecule is CC(C)CCOc1cccc(CC(N)C(=O)O)c1. The van der Waals surface area contributed by atoms with Crippen molar-refractivity contribution >= 4 is 5.97 Å². The van der Waals surface area contributed by atoms with Crippen LogP contribution in [0.25, 0.3) is 0 Å². The van der Waals surface area contributed by atoms with Crippen LogP contribution < -0.4 is 10.5 Å². The number of hydrogen-bond donors (Lipinski definition) is 2. The van der Waals surface area contributed by atoms with Crippen molar-refractivity contribution in [2.45, 2.75) is 32.7 Å². The Morgan fingerprint density at radius 3 is 2.78 bits per heavy atom. The van der Waals surface area contributed by atoms with E-state index in [2.05, 4.69) is 13.8 Å². The Morgan fingerprint density at radius 2 is 2.17 bits per heavy atom. The Labute approximate surface area is 108 Å². The van der Waals surface area contributed by atoms with Gasteiger partial charge in [0, 0.05) is 0 Å². The Kier molecular flexibility index (Phi) is 5.65.